The molecule has 1 aliphatic rings. The number of para-hydroxylation sites is 2. The number of hydrogen-bond donors (Lipinski definition) is 1. The lowest BCUT2D eigenvalue weighted by atomic mass is 10.1. The fourth-order valence-corrected chi connectivity index (χ4v) is 3.21. The van der Waals surface area contributed by atoms with Crippen LogP contribution in [-0.4, -0.2) is 61.8 Å². The van der Waals surface area contributed by atoms with Gasteiger partial charge in [0.2, 0.25) is 5.91 Å². The predicted molar refractivity (Wildman–Crippen MR) is 110 cm³/mol. The average molecular weight is 395 g/mol. The van der Waals surface area contributed by atoms with E-state index in [2.05, 4.69) is 29.3 Å². The number of hydrogen-bond acceptors (Lipinski definition) is 5. The third-order valence-electron chi connectivity index (χ3n) is 4.86. The number of anilines is 1. The lowest BCUT2D eigenvalue weighted by Crippen LogP contribution is -2.52. The number of ketones is 1. The molecule has 2 aromatic carbocycles. The first-order valence-corrected chi connectivity index (χ1v) is 9.62. The maximum absolute atomic E-state index is 12.4. The van der Waals surface area contributed by atoms with Crippen LogP contribution in [0.5, 0.6) is 5.75 Å². The molecule has 1 heterocycles. The molecule has 2 amide bonds. The van der Waals surface area contributed by atoms with Crippen LogP contribution in [0.15, 0.2) is 54.6 Å². The molecule has 7 nitrogen and oxygen atoms in total. The number of nitrogens with zero attached hydrogens (tertiary/aromatic N) is 2. The van der Waals surface area contributed by atoms with E-state index in [4.69, 9.17) is 4.74 Å². The third kappa shape index (κ3) is 5.57. The van der Waals surface area contributed by atoms with Crippen molar-refractivity contribution in [2.45, 2.75) is 6.92 Å². The summed E-state index contributed by atoms with van der Waals surface area (Å²) in [6, 6.07) is 16.9. The van der Waals surface area contributed by atoms with Crippen molar-refractivity contribution >= 4 is 23.3 Å². The van der Waals surface area contributed by atoms with Gasteiger partial charge in [0, 0.05) is 31.9 Å². The van der Waals surface area contributed by atoms with E-state index in [1.54, 1.807) is 29.2 Å². The molecule has 1 aliphatic heterocycles. The molecule has 7 heteroatoms. The van der Waals surface area contributed by atoms with Crippen LogP contribution in [0.25, 0.3) is 0 Å². The Balaban J connectivity index is 1.40. The standard InChI is InChI=1S/C22H25N3O4/c1-17-7-5-6-10-19(17)24-11-13-25(14-12-24)21(27)15-23-22(28)20(26)16-29-18-8-3-2-4-9-18/h2-10H,11-16H2,1H3,(H,23,28). The van der Waals surface area contributed by atoms with Gasteiger partial charge in [-0.15, -0.1) is 0 Å². The van der Waals surface area contributed by atoms with Crippen LogP contribution in [-0.2, 0) is 14.4 Å². The van der Waals surface area contributed by atoms with Crippen molar-refractivity contribution in [1.29, 1.82) is 0 Å². The monoisotopic (exact) mass is 395 g/mol. The molecule has 0 saturated carbocycles. The molecule has 0 atom stereocenters. The molecule has 0 aliphatic carbocycles. The van der Waals surface area contributed by atoms with Crippen LogP contribution in [0.3, 0.4) is 0 Å². The molecular weight excluding hydrogens is 370 g/mol. The zero-order valence-corrected chi connectivity index (χ0v) is 16.5. The zero-order chi connectivity index (χ0) is 20.6. The average Bonchev–Trinajstić information content (AvgIpc) is 2.76. The molecule has 1 fully saturated rings. The highest BCUT2D eigenvalue weighted by Crippen LogP contribution is 2.20. The summed E-state index contributed by atoms with van der Waals surface area (Å²) in [6.07, 6.45) is 0. The van der Waals surface area contributed by atoms with Gasteiger partial charge in [-0.3, -0.25) is 14.4 Å². The summed E-state index contributed by atoms with van der Waals surface area (Å²) in [5.41, 5.74) is 2.38. The van der Waals surface area contributed by atoms with E-state index in [0.717, 1.165) is 13.1 Å². The number of benzene rings is 2. The molecule has 29 heavy (non-hydrogen) atoms. The lowest BCUT2D eigenvalue weighted by molar-refractivity contribution is -0.140. The number of carbonyl (C=O) groups is 3. The highest BCUT2D eigenvalue weighted by molar-refractivity contribution is 6.37. The Morgan fingerprint density at radius 2 is 1.59 bits per heavy atom. The van der Waals surface area contributed by atoms with Gasteiger partial charge in [-0.1, -0.05) is 36.4 Å². The van der Waals surface area contributed by atoms with Gasteiger partial charge in [0.25, 0.3) is 11.7 Å². The summed E-state index contributed by atoms with van der Waals surface area (Å²) in [5.74, 6) is -1.21. The van der Waals surface area contributed by atoms with E-state index >= 15 is 0 Å². The Kier molecular flexibility index (Phi) is 6.84. The predicted octanol–water partition coefficient (Wildman–Crippen LogP) is 1.41. The summed E-state index contributed by atoms with van der Waals surface area (Å²) in [6.45, 7) is 4.13. The number of Topliss-reactive ketones (excluding diaryl/α,β-unsaturated/α-hetero) is 1. The van der Waals surface area contributed by atoms with Crippen LogP contribution >= 0.6 is 0 Å². The van der Waals surface area contributed by atoms with Crippen molar-refractivity contribution in [3.8, 4) is 5.75 Å². The lowest BCUT2D eigenvalue weighted by Gasteiger charge is -2.36. The van der Waals surface area contributed by atoms with Crippen LogP contribution in [0.4, 0.5) is 5.69 Å². The minimum Gasteiger partial charge on any atom is -0.485 e. The van der Waals surface area contributed by atoms with Gasteiger partial charge in [-0.2, -0.15) is 0 Å². The van der Waals surface area contributed by atoms with E-state index in [1.165, 1.54) is 11.3 Å². The summed E-state index contributed by atoms with van der Waals surface area (Å²) in [4.78, 5) is 40.1. The highest BCUT2D eigenvalue weighted by Gasteiger charge is 2.23. The Morgan fingerprint density at radius 1 is 0.931 bits per heavy atom. The van der Waals surface area contributed by atoms with Crippen LogP contribution < -0.4 is 15.0 Å². The Hall–Kier alpha value is -3.35. The fraction of sp³-hybridized carbons (Fsp3) is 0.318. The van der Waals surface area contributed by atoms with Gasteiger partial charge >= 0.3 is 0 Å². The molecular formula is C22H25N3O4. The van der Waals surface area contributed by atoms with Crippen LogP contribution in [0.2, 0.25) is 0 Å². The van der Waals surface area contributed by atoms with Crippen LogP contribution in [0, 0.1) is 6.92 Å². The molecule has 1 saturated heterocycles. The first-order chi connectivity index (χ1) is 14.0. The molecule has 2 aromatic rings. The number of aryl methyl sites for hydroxylation is 1. The van der Waals surface area contributed by atoms with Crippen molar-refractivity contribution < 1.29 is 19.1 Å². The molecule has 3 rings (SSSR count). The third-order valence-corrected chi connectivity index (χ3v) is 4.86. The molecule has 0 spiro atoms. The molecule has 152 valence electrons. The Bertz CT molecular complexity index is 861. The molecule has 0 aromatic heterocycles. The van der Waals surface area contributed by atoms with Gasteiger partial charge in [-0.25, -0.2) is 0 Å². The van der Waals surface area contributed by atoms with E-state index in [9.17, 15) is 14.4 Å². The van der Waals surface area contributed by atoms with E-state index in [1.807, 2.05) is 18.2 Å². The number of piperazine rings is 1. The second kappa shape index (κ2) is 9.73. The topological polar surface area (TPSA) is 79.0 Å². The summed E-state index contributed by atoms with van der Waals surface area (Å²) < 4.78 is 5.26. The van der Waals surface area contributed by atoms with Crippen molar-refractivity contribution in [3.63, 3.8) is 0 Å². The van der Waals surface area contributed by atoms with Crippen LogP contribution in [0.1, 0.15) is 5.56 Å². The summed E-state index contributed by atoms with van der Waals surface area (Å²) in [5, 5.41) is 2.39. The fourth-order valence-electron chi connectivity index (χ4n) is 3.21. The van der Waals surface area contributed by atoms with Crippen molar-refractivity contribution in [2.24, 2.45) is 0 Å². The van der Waals surface area contributed by atoms with Crippen molar-refractivity contribution in [2.75, 3.05) is 44.2 Å². The molecule has 0 radical (unpaired) electrons. The van der Waals surface area contributed by atoms with Crippen molar-refractivity contribution in [3.05, 3.63) is 60.2 Å². The van der Waals surface area contributed by atoms with Gasteiger partial charge < -0.3 is 19.9 Å². The number of ether oxygens (including phenoxy) is 1. The molecule has 1 N–H and O–H groups in total. The Morgan fingerprint density at radius 3 is 2.28 bits per heavy atom. The number of rotatable bonds is 7. The summed E-state index contributed by atoms with van der Waals surface area (Å²) in [7, 11) is 0. The second-order valence-corrected chi connectivity index (χ2v) is 6.86. The quantitative estimate of drug-likeness (QED) is 0.717. The highest BCUT2D eigenvalue weighted by atomic mass is 16.5. The maximum Gasteiger partial charge on any atom is 0.291 e. The second-order valence-electron chi connectivity index (χ2n) is 6.86. The summed E-state index contributed by atoms with van der Waals surface area (Å²) >= 11 is 0. The van der Waals surface area contributed by atoms with Gasteiger partial charge in [0.1, 0.15) is 5.75 Å². The van der Waals surface area contributed by atoms with E-state index in [-0.39, 0.29) is 19.1 Å². The minimum absolute atomic E-state index is 0.194. The van der Waals surface area contributed by atoms with Gasteiger partial charge in [0.15, 0.2) is 6.61 Å². The van der Waals surface area contributed by atoms with Gasteiger partial charge in [0.05, 0.1) is 6.54 Å². The maximum atomic E-state index is 12.4. The SMILES string of the molecule is Cc1ccccc1N1CCN(C(=O)CNC(=O)C(=O)COc2ccccc2)CC1. The molecule has 0 bridgehead atoms. The first-order valence-electron chi connectivity index (χ1n) is 9.62. The largest absolute Gasteiger partial charge is 0.485 e. The van der Waals surface area contributed by atoms with Crippen molar-refractivity contribution in [1.82, 2.24) is 10.2 Å². The minimum atomic E-state index is -0.812. The normalized spacial score (nSPS) is 13.7. The van der Waals surface area contributed by atoms with Gasteiger partial charge in [-0.05, 0) is 30.7 Å². The van der Waals surface area contributed by atoms with E-state index < -0.39 is 11.7 Å². The Labute approximate surface area is 170 Å². The number of amides is 2. The smallest absolute Gasteiger partial charge is 0.291 e. The van der Waals surface area contributed by atoms with E-state index in [0.29, 0.717) is 18.8 Å². The number of carbonyl (C=O) groups excluding carboxylic acids is 3. The molecule has 0 unspecified atom stereocenters. The zero-order valence-electron chi connectivity index (χ0n) is 16.5. The number of nitrogens with one attached hydrogen (secondary N) is 1. The first kappa shape index (κ1) is 20.4.